The minimum absolute atomic E-state index is 0.0709. The van der Waals surface area contributed by atoms with Crippen LogP contribution in [0.25, 0.3) is 0 Å². The summed E-state index contributed by atoms with van der Waals surface area (Å²) >= 11 is 0. The number of carbonyl (C=O) groups excluding carboxylic acids is 2. The SMILES string of the molecule is CCOCCOc1cccc(NCC(=O)Nc2ccc(C(=O)NC(C)C)cc2)c1. The van der Waals surface area contributed by atoms with Crippen molar-refractivity contribution in [3.05, 3.63) is 54.1 Å². The number of amides is 2. The second kappa shape index (κ2) is 11.7. The van der Waals surface area contributed by atoms with Gasteiger partial charge in [-0.25, -0.2) is 0 Å². The molecule has 0 atom stereocenters. The zero-order chi connectivity index (χ0) is 21.1. The van der Waals surface area contributed by atoms with Gasteiger partial charge in [-0.1, -0.05) is 6.07 Å². The van der Waals surface area contributed by atoms with Gasteiger partial charge in [0.2, 0.25) is 5.91 Å². The zero-order valence-electron chi connectivity index (χ0n) is 17.2. The fraction of sp³-hybridized carbons (Fsp3) is 0.364. The lowest BCUT2D eigenvalue weighted by Crippen LogP contribution is -2.30. The number of carbonyl (C=O) groups is 2. The molecule has 0 heterocycles. The van der Waals surface area contributed by atoms with Crippen LogP contribution in [-0.2, 0) is 9.53 Å². The number of hydrogen-bond donors (Lipinski definition) is 3. The van der Waals surface area contributed by atoms with E-state index < -0.39 is 0 Å². The highest BCUT2D eigenvalue weighted by atomic mass is 16.5. The van der Waals surface area contributed by atoms with Gasteiger partial charge < -0.3 is 25.4 Å². The normalized spacial score (nSPS) is 10.5. The average molecular weight is 399 g/mol. The van der Waals surface area contributed by atoms with E-state index in [0.717, 1.165) is 5.69 Å². The van der Waals surface area contributed by atoms with Gasteiger partial charge in [0.1, 0.15) is 12.4 Å². The predicted molar refractivity (Wildman–Crippen MR) is 115 cm³/mol. The Bertz CT molecular complexity index is 791. The van der Waals surface area contributed by atoms with Gasteiger partial charge in [-0.3, -0.25) is 9.59 Å². The quantitative estimate of drug-likeness (QED) is 0.505. The maximum absolute atomic E-state index is 12.2. The van der Waals surface area contributed by atoms with Gasteiger partial charge in [0.05, 0.1) is 13.2 Å². The molecule has 0 saturated heterocycles. The van der Waals surface area contributed by atoms with Crippen LogP contribution in [0.4, 0.5) is 11.4 Å². The third kappa shape index (κ3) is 8.23. The number of anilines is 2. The summed E-state index contributed by atoms with van der Waals surface area (Å²) in [6.07, 6.45) is 0. The molecule has 2 aromatic rings. The topological polar surface area (TPSA) is 88.7 Å². The molecule has 0 unspecified atom stereocenters. The lowest BCUT2D eigenvalue weighted by molar-refractivity contribution is -0.114. The molecule has 2 amide bonds. The van der Waals surface area contributed by atoms with Crippen molar-refractivity contribution in [2.24, 2.45) is 0 Å². The lowest BCUT2D eigenvalue weighted by Gasteiger charge is -2.11. The van der Waals surface area contributed by atoms with Gasteiger partial charge in [0.15, 0.2) is 0 Å². The van der Waals surface area contributed by atoms with Crippen LogP contribution in [0.2, 0.25) is 0 Å². The van der Waals surface area contributed by atoms with E-state index in [1.54, 1.807) is 24.3 Å². The number of ether oxygens (including phenoxy) is 2. The summed E-state index contributed by atoms with van der Waals surface area (Å²) in [5.74, 6) is 0.389. The summed E-state index contributed by atoms with van der Waals surface area (Å²) in [5, 5.41) is 8.70. The highest BCUT2D eigenvalue weighted by molar-refractivity contribution is 5.96. The van der Waals surface area contributed by atoms with Gasteiger partial charge in [0, 0.05) is 35.7 Å². The van der Waals surface area contributed by atoms with Gasteiger partial charge in [-0.05, 0) is 57.2 Å². The third-order valence-electron chi connectivity index (χ3n) is 3.84. The van der Waals surface area contributed by atoms with Crippen molar-refractivity contribution in [2.75, 3.05) is 37.0 Å². The first-order valence-corrected chi connectivity index (χ1v) is 9.73. The summed E-state index contributed by atoms with van der Waals surface area (Å²) in [4.78, 5) is 24.1. The molecule has 3 N–H and O–H groups in total. The van der Waals surface area contributed by atoms with Crippen LogP contribution in [0.3, 0.4) is 0 Å². The molecule has 7 nitrogen and oxygen atoms in total. The Morgan fingerprint density at radius 1 is 1.00 bits per heavy atom. The Morgan fingerprint density at radius 3 is 2.45 bits per heavy atom. The monoisotopic (exact) mass is 399 g/mol. The number of nitrogens with one attached hydrogen (secondary N) is 3. The van der Waals surface area contributed by atoms with Gasteiger partial charge in [-0.15, -0.1) is 0 Å². The van der Waals surface area contributed by atoms with Crippen LogP contribution in [0, 0.1) is 0 Å². The van der Waals surface area contributed by atoms with E-state index in [1.165, 1.54) is 0 Å². The smallest absolute Gasteiger partial charge is 0.251 e. The van der Waals surface area contributed by atoms with Crippen LogP contribution < -0.4 is 20.7 Å². The lowest BCUT2D eigenvalue weighted by atomic mass is 10.2. The van der Waals surface area contributed by atoms with Crippen LogP contribution in [0.5, 0.6) is 5.75 Å². The van der Waals surface area contributed by atoms with Gasteiger partial charge in [-0.2, -0.15) is 0 Å². The molecular formula is C22H29N3O4. The highest BCUT2D eigenvalue weighted by Gasteiger charge is 2.08. The molecule has 7 heteroatoms. The minimum Gasteiger partial charge on any atom is -0.491 e. The van der Waals surface area contributed by atoms with E-state index in [-0.39, 0.29) is 24.4 Å². The molecule has 2 rings (SSSR count). The van der Waals surface area contributed by atoms with E-state index in [2.05, 4.69) is 16.0 Å². The van der Waals surface area contributed by atoms with Crippen LogP contribution in [-0.4, -0.2) is 44.2 Å². The molecule has 156 valence electrons. The standard InChI is InChI=1S/C22H29N3O4/c1-4-28-12-13-29-20-7-5-6-19(14-20)23-15-21(26)25-18-10-8-17(9-11-18)22(27)24-16(2)3/h5-11,14,16,23H,4,12-13,15H2,1-3H3,(H,24,27)(H,25,26). The Labute approximate surface area is 171 Å². The molecule has 0 aliphatic heterocycles. The molecule has 0 radical (unpaired) electrons. The molecular weight excluding hydrogens is 370 g/mol. The number of hydrogen-bond acceptors (Lipinski definition) is 5. The fourth-order valence-corrected chi connectivity index (χ4v) is 2.50. The predicted octanol–water partition coefficient (Wildman–Crippen LogP) is 3.29. The maximum Gasteiger partial charge on any atom is 0.251 e. The first kappa shape index (κ1) is 22.2. The van der Waals surface area contributed by atoms with Crippen molar-refractivity contribution in [1.29, 1.82) is 0 Å². The Kier molecular flexibility index (Phi) is 8.98. The number of rotatable bonds is 11. The second-order valence-electron chi connectivity index (χ2n) is 6.68. The average Bonchev–Trinajstić information content (AvgIpc) is 2.70. The first-order chi connectivity index (χ1) is 14.0. The van der Waals surface area contributed by atoms with Crippen molar-refractivity contribution in [3.63, 3.8) is 0 Å². The van der Waals surface area contributed by atoms with Crippen molar-refractivity contribution in [3.8, 4) is 5.75 Å². The van der Waals surface area contributed by atoms with Crippen molar-refractivity contribution in [1.82, 2.24) is 5.32 Å². The summed E-state index contributed by atoms with van der Waals surface area (Å²) < 4.78 is 10.8. The van der Waals surface area contributed by atoms with E-state index in [4.69, 9.17) is 9.47 Å². The fourth-order valence-electron chi connectivity index (χ4n) is 2.50. The largest absolute Gasteiger partial charge is 0.491 e. The second-order valence-corrected chi connectivity index (χ2v) is 6.68. The zero-order valence-corrected chi connectivity index (χ0v) is 17.2. The van der Waals surface area contributed by atoms with E-state index in [9.17, 15) is 9.59 Å². The van der Waals surface area contributed by atoms with E-state index >= 15 is 0 Å². The number of benzene rings is 2. The van der Waals surface area contributed by atoms with Crippen LogP contribution in [0.1, 0.15) is 31.1 Å². The molecule has 0 aromatic heterocycles. The summed E-state index contributed by atoms with van der Waals surface area (Å²) in [6, 6.07) is 14.3. The molecule has 0 saturated carbocycles. The van der Waals surface area contributed by atoms with E-state index in [1.807, 2.05) is 45.0 Å². The minimum atomic E-state index is -0.188. The Hall–Kier alpha value is -3.06. The first-order valence-electron chi connectivity index (χ1n) is 9.73. The summed E-state index contributed by atoms with van der Waals surface area (Å²) in [5.41, 5.74) is 1.97. The third-order valence-corrected chi connectivity index (χ3v) is 3.84. The maximum atomic E-state index is 12.2. The van der Waals surface area contributed by atoms with Crippen molar-refractivity contribution in [2.45, 2.75) is 26.8 Å². The molecule has 0 fully saturated rings. The molecule has 0 spiro atoms. The van der Waals surface area contributed by atoms with Crippen molar-refractivity contribution < 1.29 is 19.1 Å². The molecule has 29 heavy (non-hydrogen) atoms. The van der Waals surface area contributed by atoms with Crippen molar-refractivity contribution >= 4 is 23.2 Å². The Balaban J connectivity index is 1.80. The van der Waals surface area contributed by atoms with Gasteiger partial charge >= 0.3 is 0 Å². The summed E-state index contributed by atoms with van der Waals surface area (Å²) in [6.45, 7) is 7.53. The summed E-state index contributed by atoms with van der Waals surface area (Å²) in [7, 11) is 0. The van der Waals surface area contributed by atoms with Gasteiger partial charge in [0.25, 0.3) is 5.91 Å². The molecule has 0 aliphatic carbocycles. The van der Waals surface area contributed by atoms with Crippen LogP contribution in [0.15, 0.2) is 48.5 Å². The molecule has 0 bridgehead atoms. The van der Waals surface area contributed by atoms with E-state index in [0.29, 0.717) is 36.8 Å². The molecule has 2 aromatic carbocycles. The van der Waals surface area contributed by atoms with Crippen LogP contribution >= 0.6 is 0 Å². The molecule has 0 aliphatic rings. The Morgan fingerprint density at radius 2 is 1.76 bits per heavy atom. The highest BCUT2D eigenvalue weighted by Crippen LogP contribution is 2.17.